The molecule has 0 spiro atoms. The predicted octanol–water partition coefficient (Wildman–Crippen LogP) is 2.98. The maximum Gasteiger partial charge on any atom is 0.338 e. The van der Waals surface area contributed by atoms with Crippen LogP contribution >= 0.6 is 22.9 Å². The number of allylic oxidation sites excluding steroid dienone is 1. The fourth-order valence-electron chi connectivity index (χ4n) is 3.53. The zero-order valence-corrected chi connectivity index (χ0v) is 19.3. The molecule has 0 saturated heterocycles. The van der Waals surface area contributed by atoms with Crippen molar-refractivity contribution in [3.63, 3.8) is 0 Å². The summed E-state index contributed by atoms with van der Waals surface area (Å²) in [6, 6.07) is 9.98. The van der Waals surface area contributed by atoms with Gasteiger partial charge in [-0.25, -0.2) is 9.79 Å². The molecular weight excluding hydrogens is 452 g/mol. The van der Waals surface area contributed by atoms with Crippen LogP contribution in [0.15, 0.2) is 61.9 Å². The number of hydrogen-bond donors (Lipinski definition) is 0. The number of nitrogens with zero attached hydrogens (tertiary/aromatic N) is 2. The number of aromatic nitrogens is 1. The molecule has 0 saturated carbocycles. The van der Waals surface area contributed by atoms with Crippen molar-refractivity contribution in [2.24, 2.45) is 4.99 Å². The largest absolute Gasteiger partial charge is 0.462 e. The molecule has 166 valence electrons. The van der Waals surface area contributed by atoms with E-state index in [9.17, 15) is 9.59 Å². The first-order chi connectivity index (χ1) is 15.4. The van der Waals surface area contributed by atoms with Crippen LogP contribution in [0.2, 0.25) is 5.02 Å². The smallest absolute Gasteiger partial charge is 0.338 e. The van der Waals surface area contributed by atoms with Crippen LogP contribution in [0, 0.1) is 6.92 Å². The van der Waals surface area contributed by atoms with Crippen LogP contribution < -0.4 is 14.9 Å². The number of ether oxygens (including phenoxy) is 2. The molecule has 0 amide bonds. The summed E-state index contributed by atoms with van der Waals surface area (Å²) in [7, 11) is 1.52. The first-order valence-electron chi connectivity index (χ1n) is 9.90. The first-order valence-corrected chi connectivity index (χ1v) is 11.1. The average Bonchev–Trinajstić information content (AvgIpc) is 3.30. The van der Waals surface area contributed by atoms with Gasteiger partial charge in [-0.1, -0.05) is 41.1 Å². The summed E-state index contributed by atoms with van der Waals surface area (Å²) in [4.78, 5) is 31.5. The standard InChI is InChI=1S/C23H21ClN2O5S/c1-13-8-9-15(31-13)12-18-21(27)26-20(16-6-4-5-7-17(16)24)19(14(2)25-23(26)32-18)22(28)30-11-10-29-3/h4-9,12,20H,10-11H2,1-3H3. The lowest BCUT2D eigenvalue weighted by molar-refractivity contribution is -0.140. The Morgan fingerprint density at radius 2 is 2.03 bits per heavy atom. The molecule has 1 aliphatic rings. The number of furan rings is 1. The molecule has 3 heterocycles. The number of hydrogen-bond acceptors (Lipinski definition) is 7. The predicted molar refractivity (Wildman–Crippen MR) is 121 cm³/mol. The van der Waals surface area contributed by atoms with Crippen LogP contribution in [0.4, 0.5) is 0 Å². The molecule has 1 atom stereocenters. The average molecular weight is 473 g/mol. The molecule has 0 bridgehead atoms. The number of carbonyl (C=O) groups excluding carboxylic acids is 1. The molecule has 0 fully saturated rings. The Kier molecular flexibility index (Phi) is 6.45. The van der Waals surface area contributed by atoms with Crippen molar-refractivity contribution in [1.82, 2.24) is 4.57 Å². The minimum Gasteiger partial charge on any atom is -0.462 e. The highest BCUT2D eigenvalue weighted by molar-refractivity contribution is 7.07. The van der Waals surface area contributed by atoms with Gasteiger partial charge in [0.15, 0.2) is 4.80 Å². The third-order valence-electron chi connectivity index (χ3n) is 5.00. The zero-order valence-electron chi connectivity index (χ0n) is 17.8. The molecule has 4 rings (SSSR count). The summed E-state index contributed by atoms with van der Waals surface area (Å²) >= 11 is 7.73. The lowest BCUT2D eigenvalue weighted by Crippen LogP contribution is -2.40. The van der Waals surface area contributed by atoms with E-state index in [1.807, 2.05) is 19.1 Å². The summed E-state index contributed by atoms with van der Waals surface area (Å²) in [5, 5.41) is 0.436. The van der Waals surface area contributed by atoms with Gasteiger partial charge in [-0.15, -0.1) is 0 Å². The second-order valence-electron chi connectivity index (χ2n) is 7.18. The zero-order chi connectivity index (χ0) is 22.8. The molecule has 0 aliphatic carbocycles. The van der Waals surface area contributed by atoms with E-state index < -0.39 is 12.0 Å². The summed E-state index contributed by atoms with van der Waals surface area (Å²) in [5.74, 6) is 0.746. The van der Waals surface area contributed by atoms with Crippen LogP contribution in [0.5, 0.6) is 0 Å². The molecule has 1 aromatic carbocycles. The number of thiazole rings is 1. The number of carbonyl (C=O) groups is 1. The number of halogens is 1. The van der Waals surface area contributed by atoms with E-state index in [0.717, 1.165) is 5.76 Å². The third kappa shape index (κ3) is 4.21. The van der Waals surface area contributed by atoms with E-state index in [0.29, 0.717) is 31.4 Å². The maximum atomic E-state index is 13.5. The monoisotopic (exact) mass is 472 g/mol. The molecule has 3 aromatic rings. The normalized spacial score (nSPS) is 16.1. The van der Waals surface area contributed by atoms with E-state index >= 15 is 0 Å². The van der Waals surface area contributed by atoms with Crippen molar-refractivity contribution in [2.75, 3.05) is 20.3 Å². The molecule has 0 radical (unpaired) electrons. The van der Waals surface area contributed by atoms with Gasteiger partial charge in [-0.2, -0.15) is 0 Å². The van der Waals surface area contributed by atoms with Gasteiger partial charge in [0.25, 0.3) is 5.56 Å². The summed E-state index contributed by atoms with van der Waals surface area (Å²) in [5.41, 5.74) is 1.06. The molecule has 7 nitrogen and oxygen atoms in total. The lowest BCUT2D eigenvalue weighted by Gasteiger charge is -2.25. The molecule has 2 aromatic heterocycles. The summed E-state index contributed by atoms with van der Waals surface area (Å²) in [6.45, 7) is 3.91. The van der Waals surface area contributed by atoms with Crippen molar-refractivity contribution in [2.45, 2.75) is 19.9 Å². The van der Waals surface area contributed by atoms with Crippen molar-refractivity contribution in [3.8, 4) is 0 Å². The number of esters is 1. The lowest BCUT2D eigenvalue weighted by atomic mass is 9.96. The quantitative estimate of drug-likeness (QED) is 0.407. The first kappa shape index (κ1) is 22.3. The van der Waals surface area contributed by atoms with Crippen LogP contribution in [-0.4, -0.2) is 30.9 Å². The van der Waals surface area contributed by atoms with Gasteiger partial charge in [0, 0.05) is 18.2 Å². The van der Waals surface area contributed by atoms with Crippen LogP contribution in [0.25, 0.3) is 6.08 Å². The number of fused-ring (bicyclic) bond motifs is 1. The van der Waals surface area contributed by atoms with Crippen LogP contribution in [0.3, 0.4) is 0 Å². The second kappa shape index (κ2) is 9.28. The molecule has 32 heavy (non-hydrogen) atoms. The highest BCUT2D eigenvalue weighted by atomic mass is 35.5. The van der Waals surface area contributed by atoms with Gasteiger partial charge < -0.3 is 13.9 Å². The van der Waals surface area contributed by atoms with Gasteiger partial charge in [0.1, 0.15) is 24.2 Å². The molecular formula is C23H21ClN2O5S. The Labute approximate surface area is 192 Å². The van der Waals surface area contributed by atoms with Gasteiger partial charge >= 0.3 is 5.97 Å². The fourth-order valence-corrected chi connectivity index (χ4v) is 4.80. The van der Waals surface area contributed by atoms with Crippen LogP contribution in [0.1, 0.15) is 30.0 Å². The Hall–Kier alpha value is -2.94. The minimum absolute atomic E-state index is 0.0869. The number of aryl methyl sites for hydroxylation is 1. The number of benzene rings is 1. The van der Waals surface area contributed by atoms with E-state index in [1.165, 1.54) is 23.0 Å². The Bertz CT molecular complexity index is 1380. The third-order valence-corrected chi connectivity index (χ3v) is 6.32. The Morgan fingerprint density at radius 3 is 2.72 bits per heavy atom. The van der Waals surface area contributed by atoms with Gasteiger partial charge in [-0.05, 0) is 37.6 Å². The highest BCUT2D eigenvalue weighted by Crippen LogP contribution is 2.34. The molecule has 1 aliphatic heterocycles. The van der Waals surface area contributed by atoms with Gasteiger partial charge in [-0.3, -0.25) is 9.36 Å². The van der Waals surface area contributed by atoms with E-state index in [-0.39, 0.29) is 24.3 Å². The second-order valence-corrected chi connectivity index (χ2v) is 8.60. The Morgan fingerprint density at radius 1 is 1.25 bits per heavy atom. The fraction of sp³-hybridized carbons (Fsp3) is 0.261. The number of rotatable bonds is 6. The van der Waals surface area contributed by atoms with E-state index in [2.05, 4.69) is 4.99 Å². The maximum absolute atomic E-state index is 13.5. The summed E-state index contributed by atoms with van der Waals surface area (Å²) < 4.78 is 17.9. The summed E-state index contributed by atoms with van der Waals surface area (Å²) in [6.07, 6.45) is 1.68. The van der Waals surface area contributed by atoms with Crippen LogP contribution in [-0.2, 0) is 14.3 Å². The van der Waals surface area contributed by atoms with E-state index in [4.69, 9.17) is 25.5 Å². The molecule has 1 unspecified atom stereocenters. The number of methoxy groups -OCH3 is 1. The molecule has 9 heteroatoms. The van der Waals surface area contributed by atoms with Crippen molar-refractivity contribution >= 4 is 35.0 Å². The minimum atomic E-state index is -0.768. The van der Waals surface area contributed by atoms with Crippen molar-refractivity contribution in [3.05, 3.63) is 89.5 Å². The van der Waals surface area contributed by atoms with Crippen molar-refractivity contribution in [1.29, 1.82) is 0 Å². The molecule has 0 N–H and O–H groups in total. The van der Waals surface area contributed by atoms with Gasteiger partial charge in [0.2, 0.25) is 0 Å². The van der Waals surface area contributed by atoms with Gasteiger partial charge in [0.05, 0.1) is 22.4 Å². The SMILES string of the molecule is COCCOC(=O)C1=C(C)N=c2sc(=Cc3ccc(C)o3)c(=O)n2C1c1ccccc1Cl. The topological polar surface area (TPSA) is 83.0 Å². The van der Waals surface area contributed by atoms with Crippen molar-refractivity contribution < 1.29 is 18.7 Å². The Balaban J connectivity index is 1.91. The highest BCUT2D eigenvalue weighted by Gasteiger charge is 2.34. The van der Waals surface area contributed by atoms with E-state index in [1.54, 1.807) is 37.3 Å².